The molecule has 1 spiro atoms. The summed E-state index contributed by atoms with van der Waals surface area (Å²) in [6, 6.07) is 0.219. The fourth-order valence-electron chi connectivity index (χ4n) is 3.22. The summed E-state index contributed by atoms with van der Waals surface area (Å²) in [5, 5.41) is 2.96. The topological polar surface area (TPSA) is 52.7 Å². The van der Waals surface area contributed by atoms with Crippen molar-refractivity contribution >= 4 is 11.9 Å². The molecule has 0 aromatic carbocycles. The average Bonchev–Trinajstić information content (AvgIpc) is 2.71. The Labute approximate surface area is 133 Å². The van der Waals surface area contributed by atoms with Gasteiger partial charge in [-0.2, -0.15) is 0 Å². The zero-order valence-electron chi connectivity index (χ0n) is 14.1. The van der Waals surface area contributed by atoms with Gasteiger partial charge in [0.1, 0.15) is 5.54 Å². The van der Waals surface area contributed by atoms with Crippen LogP contribution in [0.5, 0.6) is 0 Å². The van der Waals surface area contributed by atoms with E-state index in [1.165, 1.54) is 4.90 Å². The van der Waals surface area contributed by atoms with Crippen molar-refractivity contribution in [1.29, 1.82) is 0 Å². The van der Waals surface area contributed by atoms with Crippen LogP contribution < -0.4 is 5.32 Å². The highest BCUT2D eigenvalue weighted by Crippen LogP contribution is 2.30. The summed E-state index contributed by atoms with van der Waals surface area (Å²) in [6.45, 7) is 10.2. The van der Waals surface area contributed by atoms with Crippen molar-refractivity contribution in [2.75, 3.05) is 19.6 Å². The second-order valence-corrected chi connectivity index (χ2v) is 6.40. The van der Waals surface area contributed by atoms with Gasteiger partial charge in [-0.05, 0) is 46.1 Å². The molecule has 2 rings (SSSR count). The largest absolute Gasteiger partial charge is 0.325 e. The number of piperidine rings is 1. The van der Waals surface area contributed by atoms with Gasteiger partial charge < -0.3 is 10.2 Å². The Balaban J connectivity index is 2.09. The van der Waals surface area contributed by atoms with Crippen molar-refractivity contribution in [2.45, 2.75) is 52.1 Å². The van der Waals surface area contributed by atoms with E-state index in [0.29, 0.717) is 25.4 Å². The molecule has 2 saturated heterocycles. The highest BCUT2D eigenvalue weighted by atomic mass is 16.2. The maximum atomic E-state index is 12.8. The molecule has 0 unspecified atom stereocenters. The first-order valence-electron chi connectivity index (χ1n) is 8.09. The summed E-state index contributed by atoms with van der Waals surface area (Å²) in [4.78, 5) is 28.8. The third kappa shape index (κ3) is 3.09. The number of carbonyl (C=O) groups excluding carboxylic acids is 2. The molecule has 0 atom stereocenters. The van der Waals surface area contributed by atoms with Crippen LogP contribution in [0.4, 0.5) is 4.79 Å². The number of nitrogens with one attached hydrogen (secondary N) is 1. The Bertz CT molecular complexity index is 500. The van der Waals surface area contributed by atoms with Gasteiger partial charge in [0.05, 0.1) is 6.54 Å². The number of hydrogen-bond acceptors (Lipinski definition) is 3. The van der Waals surface area contributed by atoms with Gasteiger partial charge in [-0.1, -0.05) is 18.2 Å². The predicted octanol–water partition coefficient (Wildman–Crippen LogP) is 2.30. The number of hydrogen-bond donors (Lipinski definition) is 1. The molecule has 0 aromatic rings. The summed E-state index contributed by atoms with van der Waals surface area (Å²) in [5.41, 5.74) is 0.291. The zero-order valence-corrected chi connectivity index (χ0v) is 14.1. The lowest BCUT2D eigenvalue weighted by Crippen LogP contribution is -2.56. The van der Waals surface area contributed by atoms with E-state index in [-0.39, 0.29) is 11.9 Å². The molecule has 5 nitrogen and oxygen atoms in total. The fraction of sp³-hybridized carbons (Fsp3) is 0.647. The molecular weight excluding hydrogens is 278 g/mol. The minimum absolute atomic E-state index is 0.0650. The molecule has 0 aliphatic carbocycles. The summed E-state index contributed by atoms with van der Waals surface area (Å²) in [5.74, 6) is -0.0650. The number of carbonyl (C=O) groups is 2. The molecule has 2 aliphatic rings. The average molecular weight is 305 g/mol. The molecule has 122 valence electrons. The van der Waals surface area contributed by atoms with Crippen molar-refractivity contribution < 1.29 is 9.59 Å². The van der Waals surface area contributed by atoms with Gasteiger partial charge in [-0.15, -0.1) is 0 Å². The van der Waals surface area contributed by atoms with Crippen LogP contribution in [0, 0.1) is 0 Å². The number of imide groups is 1. The molecule has 2 fully saturated rings. The second-order valence-electron chi connectivity index (χ2n) is 6.40. The number of amides is 3. The second kappa shape index (κ2) is 6.65. The van der Waals surface area contributed by atoms with E-state index in [2.05, 4.69) is 24.1 Å². The van der Waals surface area contributed by atoms with E-state index in [1.54, 1.807) is 0 Å². The van der Waals surface area contributed by atoms with Crippen molar-refractivity contribution in [2.24, 2.45) is 0 Å². The van der Waals surface area contributed by atoms with Crippen LogP contribution in [-0.2, 0) is 4.79 Å². The molecule has 0 radical (unpaired) electrons. The molecule has 1 N–H and O–H groups in total. The van der Waals surface area contributed by atoms with Gasteiger partial charge in [0.25, 0.3) is 5.91 Å². The highest BCUT2D eigenvalue weighted by Gasteiger charge is 2.52. The normalized spacial score (nSPS) is 23.1. The number of allylic oxidation sites excluding steroid dienone is 2. The first-order valence-corrected chi connectivity index (χ1v) is 8.09. The van der Waals surface area contributed by atoms with E-state index < -0.39 is 5.54 Å². The third-order valence-corrected chi connectivity index (χ3v) is 4.72. The lowest BCUT2D eigenvalue weighted by atomic mass is 9.87. The Morgan fingerprint density at radius 2 is 1.91 bits per heavy atom. The lowest BCUT2D eigenvalue weighted by molar-refractivity contribution is -0.132. The molecule has 0 aromatic heterocycles. The molecule has 22 heavy (non-hydrogen) atoms. The zero-order chi connectivity index (χ0) is 16.3. The Morgan fingerprint density at radius 1 is 1.27 bits per heavy atom. The third-order valence-electron chi connectivity index (χ3n) is 4.72. The minimum Gasteiger partial charge on any atom is -0.323 e. The fourth-order valence-corrected chi connectivity index (χ4v) is 3.22. The SMILES string of the molecule is C/C=C\C(=C/C)CN1C(=O)NC2(CCN(C(C)C)CC2)C1=O. The molecule has 5 heteroatoms. The summed E-state index contributed by atoms with van der Waals surface area (Å²) in [6.07, 6.45) is 7.19. The van der Waals surface area contributed by atoms with Crippen molar-refractivity contribution in [3.63, 3.8) is 0 Å². The van der Waals surface area contributed by atoms with Gasteiger partial charge in [0, 0.05) is 19.1 Å². The molecule has 2 heterocycles. The van der Waals surface area contributed by atoms with Gasteiger partial charge >= 0.3 is 6.03 Å². The van der Waals surface area contributed by atoms with Crippen molar-refractivity contribution in [3.8, 4) is 0 Å². The van der Waals surface area contributed by atoms with Crippen molar-refractivity contribution in [1.82, 2.24) is 15.1 Å². The van der Waals surface area contributed by atoms with Crippen LogP contribution in [0.1, 0.15) is 40.5 Å². The number of likely N-dealkylation sites (tertiary alicyclic amines) is 1. The van der Waals surface area contributed by atoms with Crippen LogP contribution in [0.15, 0.2) is 23.8 Å². The molecule has 3 amide bonds. The Morgan fingerprint density at radius 3 is 2.41 bits per heavy atom. The smallest absolute Gasteiger partial charge is 0.323 e. The summed E-state index contributed by atoms with van der Waals surface area (Å²) >= 11 is 0. The van der Waals surface area contributed by atoms with Crippen LogP contribution in [0.3, 0.4) is 0 Å². The van der Waals surface area contributed by atoms with Gasteiger partial charge in [-0.25, -0.2) is 4.79 Å². The minimum atomic E-state index is -0.683. The van der Waals surface area contributed by atoms with E-state index in [0.717, 1.165) is 18.7 Å². The molecular formula is C17H27N3O2. The van der Waals surface area contributed by atoms with E-state index in [1.807, 2.05) is 32.1 Å². The maximum absolute atomic E-state index is 12.8. The van der Waals surface area contributed by atoms with Gasteiger partial charge in [-0.3, -0.25) is 9.69 Å². The lowest BCUT2D eigenvalue weighted by Gasteiger charge is -2.39. The highest BCUT2D eigenvalue weighted by molar-refractivity contribution is 6.07. The van der Waals surface area contributed by atoms with E-state index in [4.69, 9.17) is 0 Å². The van der Waals surface area contributed by atoms with E-state index >= 15 is 0 Å². The summed E-state index contributed by atoms with van der Waals surface area (Å²) < 4.78 is 0. The van der Waals surface area contributed by atoms with Crippen molar-refractivity contribution in [3.05, 3.63) is 23.8 Å². The summed E-state index contributed by atoms with van der Waals surface area (Å²) in [7, 11) is 0. The number of urea groups is 1. The molecule has 0 saturated carbocycles. The number of rotatable bonds is 4. The van der Waals surface area contributed by atoms with Crippen LogP contribution in [0.2, 0.25) is 0 Å². The quantitative estimate of drug-likeness (QED) is 0.640. The monoisotopic (exact) mass is 305 g/mol. The van der Waals surface area contributed by atoms with Crippen LogP contribution in [-0.4, -0.2) is 53.0 Å². The van der Waals surface area contributed by atoms with Crippen LogP contribution in [0.25, 0.3) is 0 Å². The standard InChI is InChI=1S/C17H27N3O2/c1-5-7-14(6-2)12-20-15(21)17(18-16(20)22)8-10-19(11-9-17)13(3)4/h5-7,13H,8-12H2,1-4H3,(H,18,22)/b7-5-,14-6+. The maximum Gasteiger partial charge on any atom is 0.325 e. The Hall–Kier alpha value is -1.62. The first kappa shape index (κ1) is 16.7. The molecule has 0 bridgehead atoms. The van der Waals surface area contributed by atoms with Gasteiger partial charge in [0.2, 0.25) is 0 Å². The van der Waals surface area contributed by atoms with E-state index in [9.17, 15) is 9.59 Å². The van der Waals surface area contributed by atoms with Crippen LogP contribution >= 0.6 is 0 Å². The number of nitrogens with zero attached hydrogens (tertiary/aromatic N) is 2. The van der Waals surface area contributed by atoms with Gasteiger partial charge in [0.15, 0.2) is 0 Å². The predicted molar refractivity (Wildman–Crippen MR) is 87.5 cm³/mol. The Kier molecular flexibility index (Phi) is 5.06. The first-order chi connectivity index (χ1) is 10.4. The molecule has 2 aliphatic heterocycles.